The van der Waals surface area contributed by atoms with Gasteiger partial charge in [-0.2, -0.15) is 5.26 Å². The molecule has 1 aliphatic heterocycles. The maximum Gasteiger partial charge on any atom is 0.240 e. The first-order valence-corrected chi connectivity index (χ1v) is 11.6. The van der Waals surface area contributed by atoms with Crippen LogP contribution in [-0.4, -0.2) is 47.9 Å². The summed E-state index contributed by atoms with van der Waals surface area (Å²) in [6.45, 7) is 2.18. The highest BCUT2D eigenvalue weighted by molar-refractivity contribution is 7.19. The molecular weight excluding hydrogens is 433 g/mol. The number of carbonyl (C=O) groups excluding carboxylic acids is 1. The molecule has 0 radical (unpaired) electrons. The normalized spacial score (nSPS) is 18.2. The molecule has 1 saturated heterocycles. The van der Waals surface area contributed by atoms with E-state index in [1.807, 2.05) is 60.7 Å². The molecule has 0 bridgehead atoms. The third-order valence-corrected chi connectivity index (χ3v) is 7.14. The van der Waals surface area contributed by atoms with Crippen LogP contribution in [-0.2, 0) is 15.4 Å². The molecule has 2 unspecified atom stereocenters. The molecule has 1 aliphatic rings. The lowest BCUT2D eigenvalue weighted by molar-refractivity contribution is -0.119. The number of carbonyl (C=O) groups is 1. The Balaban J connectivity index is 1.74. The number of amidine groups is 1. The van der Waals surface area contributed by atoms with Crippen molar-refractivity contribution in [2.75, 3.05) is 26.2 Å². The second-order valence-electron chi connectivity index (χ2n) is 8.54. The van der Waals surface area contributed by atoms with Gasteiger partial charge >= 0.3 is 0 Å². The second-order valence-corrected chi connectivity index (χ2v) is 9.52. The van der Waals surface area contributed by atoms with Crippen LogP contribution in [0.4, 0.5) is 0 Å². The lowest BCUT2D eigenvalue weighted by Crippen LogP contribution is -2.52. The van der Waals surface area contributed by atoms with Crippen molar-refractivity contribution in [3.63, 3.8) is 0 Å². The molecule has 0 aromatic heterocycles. The molecule has 0 aliphatic carbocycles. The molecule has 3 rings (SSSR count). The molecule has 0 spiro atoms. The predicted octanol–water partition coefficient (Wildman–Crippen LogP) is 1.64. The average molecular weight is 466 g/mol. The molecule has 1 fully saturated rings. The molecule has 2 atom stereocenters. The van der Waals surface area contributed by atoms with Crippen LogP contribution in [0.2, 0.25) is 0 Å². The fourth-order valence-corrected chi connectivity index (χ4v) is 4.69. The zero-order valence-electron chi connectivity index (χ0n) is 18.7. The summed E-state index contributed by atoms with van der Waals surface area (Å²) < 4.78 is 0. The first kappa shape index (κ1) is 24.7. The van der Waals surface area contributed by atoms with E-state index in [4.69, 9.17) is 17.3 Å². The van der Waals surface area contributed by atoms with Crippen molar-refractivity contribution < 1.29 is 4.79 Å². The Morgan fingerprint density at radius 2 is 1.70 bits per heavy atom. The summed E-state index contributed by atoms with van der Waals surface area (Å²) in [6.07, 6.45) is 2.20. The Morgan fingerprint density at radius 1 is 1.12 bits per heavy atom. The second kappa shape index (κ2) is 10.8. The van der Waals surface area contributed by atoms with Crippen LogP contribution in [0.3, 0.4) is 0 Å². The van der Waals surface area contributed by atoms with Gasteiger partial charge in [-0.05, 0) is 43.5 Å². The van der Waals surface area contributed by atoms with Gasteiger partial charge in [-0.3, -0.25) is 4.79 Å². The van der Waals surface area contributed by atoms with Crippen molar-refractivity contribution in [2.24, 2.45) is 22.4 Å². The van der Waals surface area contributed by atoms with Gasteiger partial charge in [-0.15, -0.1) is 14.3 Å². The number of piperidine rings is 1. The molecule has 2 aromatic carbocycles. The van der Waals surface area contributed by atoms with Gasteiger partial charge < -0.3 is 16.4 Å². The third kappa shape index (κ3) is 5.88. The van der Waals surface area contributed by atoms with Crippen LogP contribution >= 0.6 is 9.24 Å². The van der Waals surface area contributed by atoms with Crippen LogP contribution in [0, 0.1) is 11.3 Å². The molecule has 0 saturated carbocycles. The van der Waals surface area contributed by atoms with Crippen molar-refractivity contribution in [3.05, 3.63) is 71.8 Å². The van der Waals surface area contributed by atoms with Crippen LogP contribution in [0.1, 0.15) is 30.4 Å². The molecule has 1 heterocycles. The van der Waals surface area contributed by atoms with E-state index in [9.17, 15) is 10.1 Å². The Labute approximate surface area is 197 Å². The number of hydrogen-bond donors (Lipinski definition) is 3. The van der Waals surface area contributed by atoms with Crippen molar-refractivity contribution in [2.45, 2.75) is 29.8 Å². The van der Waals surface area contributed by atoms with Crippen molar-refractivity contribution in [1.82, 2.24) is 10.0 Å². The monoisotopic (exact) mass is 465 g/mol. The van der Waals surface area contributed by atoms with E-state index in [0.717, 1.165) is 48.7 Å². The summed E-state index contributed by atoms with van der Waals surface area (Å²) in [4.78, 5) is 13.6. The number of nitriles is 1. The highest BCUT2D eigenvalue weighted by Gasteiger charge is 2.40. The topological polar surface area (TPSA) is 138 Å². The van der Waals surface area contributed by atoms with Crippen molar-refractivity contribution in [3.8, 4) is 6.07 Å². The van der Waals surface area contributed by atoms with E-state index in [2.05, 4.69) is 25.3 Å². The highest BCUT2D eigenvalue weighted by Crippen LogP contribution is 2.38. The van der Waals surface area contributed by atoms with E-state index in [0.29, 0.717) is 12.3 Å². The smallest absolute Gasteiger partial charge is 0.240 e. The fourth-order valence-electron chi connectivity index (χ4n) is 4.37. The fraction of sp³-hybridized carbons (Fsp3) is 0.375. The number of primary amides is 1. The lowest BCUT2D eigenvalue weighted by Gasteiger charge is -2.42. The SMILES string of the molecule is N#CC(P)(CCN1CCC(/C(N)=N/N(N)CC(N)=O)(c2ccccc2)CC1)c1ccccc1. The van der Waals surface area contributed by atoms with Crippen LogP contribution < -0.4 is 17.3 Å². The van der Waals surface area contributed by atoms with E-state index in [-0.39, 0.29) is 6.54 Å². The number of hydrazine groups is 1. The summed E-state index contributed by atoms with van der Waals surface area (Å²) in [5.74, 6) is 5.63. The molecule has 6 N–H and O–H groups in total. The predicted molar refractivity (Wildman–Crippen MR) is 134 cm³/mol. The summed E-state index contributed by atoms with van der Waals surface area (Å²) in [6, 6.07) is 22.4. The summed E-state index contributed by atoms with van der Waals surface area (Å²) in [5.41, 5.74) is 13.3. The zero-order chi connectivity index (χ0) is 23.9. The minimum atomic E-state index is -0.621. The molecular formula is C24H32N7OP. The van der Waals surface area contributed by atoms with Crippen molar-refractivity contribution in [1.29, 1.82) is 5.26 Å². The number of benzene rings is 2. The van der Waals surface area contributed by atoms with Crippen molar-refractivity contribution >= 4 is 21.0 Å². The van der Waals surface area contributed by atoms with E-state index in [1.165, 1.54) is 0 Å². The van der Waals surface area contributed by atoms with Gasteiger partial charge in [0.15, 0.2) is 0 Å². The van der Waals surface area contributed by atoms with Crippen LogP contribution in [0.15, 0.2) is 65.8 Å². The number of rotatable bonds is 9. The molecule has 2 aromatic rings. The lowest BCUT2D eigenvalue weighted by atomic mass is 9.71. The first-order chi connectivity index (χ1) is 15.8. The number of nitrogens with zero attached hydrogens (tertiary/aromatic N) is 4. The van der Waals surface area contributed by atoms with Gasteiger partial charge in [-0.1, -0.05) is 60.7 Å². The van der Waals surface area contributed by atoms with Gasteiger partial charge in [-0.25, -0.2) is 11.0 Å². The average Bonchev–Trinajstić information content (AvgIpc) is 2.83. The summed E-state index contributed by atoms with van der Waals surface area (Å²) >= 11 is 0. The number of hydrogen-bond acceptors (Lipinski definition) is 6. The third-order valence-electron chi connectivity index (χ3n) is 6.39. The van der Waals surface area contributed by atoms with Gasteiger partial charge in [0, 0.05) is 6.54 Å². The van der Waals surface area contributed by atoms with E-state index >= 15 is 0 Å². The summed E-state index contributed by atoms with van der Waals surface area (Å²) in [5, 5.41) is 14.5. The standard InChI is InChI=1S/C24H32N7OP/c25-18-24(33,20-9-5-2-6-10-20)13-16-30-14-11-23(12-15-30,19-7-3-1-4-8-19)22(27)29-31(28)17-21(26)32/h1-10H,11-17,28,33H2,(H2,26,32)(H2,27,29). The van der Waals surface area contributed by atoms with Crippen LogP contribution in [0.25, 0.3) is 0 Å². The Bertz CT molecular complexity index is 1000. The quantitative estimate of drug-likeness (QED) is 0.169. The summed E-state index contributed by atoms with van der Waals surface area (Å²) in [7, 11) is 2.74. The maximum atomic E-state index is 11.2. The maximum absolute atomic E-state index is 11.2. The van der Waals surface area contributed by atoms with Gasteiger partial charge in [0.25, 0.3) is 0 Å². The van der Waals surface area contributed by atoms with E-state index < -0.39 is 16.5 Å². The Morgan fingerprint density at radius 3 is 2.24 bits per heavy atom. The Hall–Kier alpha value is -2.98. The highest BCUT2D eigenvalue weighted by atomic mass is 31.0. The van der Waals surface area contributed by atoms with E-state index in [1.54, 1.807) is 0 Å². The minimum absolute atomic E-state index is 0.207. The number of likely N-dealkylation sites (tertiary alicyclic amines) is 1. The molecule has 9 heteroatoms. The van der Waals surface area contributed by atoms with Gasteiger partial charge in [0.1, 0.15) is 12.4 Å². The molecule has 174 valence electrons. The zero-order valence-corrected chi connectivity index (χ0v) is 19.9. The van der Waals surface area contributed by atoms with Gasteiger partial charge in [0.2, 0.25) is 5.91 Å². The molecule has 33 heavy (non-hydrogen) atoms. The minimum Gasteiger partial charge on any atom is -0.385 e. The largest absolute Gasteiger partial charge is 0.385 e. The van der Waals surface area contributed by atoms with Gasteiger partial charge in [0.05, 0.1) is 16.6 Å². The number of amides is 1. The first-order valence-electron chi connectivity index (χ1n) is 11.0. The number of hydrazone groups is 1. The number of nitrogens with two attached hydrogens (primary N) is 3. The van der Waals surface area contributed by atoms with Crippen LogP contribution in [0.5, 0.6) is 0 Å². The Kier molecular flexibility index (Phi) is 8.04. The molecule has 1 amide bonds. The molecule has 8 nitrogen and oxygen atoms in total.